The summed E-state index contributed by atoms with van der Waals surface area (Å²) in [7, 11) is 3.39. The Hall–Kier alpha value is -2.10. The van der Waals surface area contributed by atoms with Gasteiger partial charge >= 0.3 is 0 Å². The van der Waals surface area contributed by atoms with Crippen LogP contribution in [0.1, 0.15) is 10.5 Å². The molecule has 0 aliphatic carbocycles. The molecule has 2 aromatic rings. The molecule has 0 fully saturated rings. The number of aromatic nitrogens is 2. The van der Waals surface area contributed by atoms with Gasteiger partial charge in [0.2, 0.25) is 0 Å². The number of carbonyl (C=O) groups excluding carboxylic acids is 1. The zero-order valence-corrected chi connectivity index (χ0v) is 9.18. The van der Waals surface area contributed by atoms with E-state index in [1.807, 2.05) is 30.5 Å². The number of nitrogens with zero attached hydrogens (tertiary/aromatic N) is 2. The summed E-state index contributed by atoms with van der Waals surface area (Å²) >= 11 is 0. The predicted molar refractivity (Wildman–Crippen MR) is 60.6 cm³/mol. The third kappa shape index (κ3) is 1.69. The summed E-state index contributed by atoms with van der Waals surface area (Å²) in [4.78, 5) is 10.9. The molecule has 16 heavy (non-hydrogen) atoms. The van der Waals surface area contributed by atoms with Gasteiger partial charge in [-0.25, -0.2) is 0 Å². The second-order valence-electron chi connectivity index (χ2n) is 3.42. The lowest BCUT2D eigenvalue weighted by Gasteiger charge is -2.05. The van der Waals surface area contributed by atoms with Gasteiger partial charge in [0, 0.05) is 24.4 Å². The standard InChI is InChI=1S/C12H12N2O2/c1-14-7-10(11(8-15)13-14)9-5-3-4-6-12(9)16-2/h3-8H,1-2H3. The third-order valence-electron chi connectivity index (χ3n) is 2.37. The van der Waals surface area contributed by atoms with E-state index in [0.717, 1.165) is 23.2 Å². The Labute approximate surface area is 93.5 Å². The first-order valence-corrected chi connectivity index (χ1v) is 4.88. The fourth-order valence-corrected chi connectivity index (χ4v) is 1.67. The van der Waals surface area contributed by atoms with Gasteiger partial charge in [0.15, 0.2) is 6.29 Å². The Morgan fingerprint density at radius 3 is 2.75 bits per heavy atom. The highest BCUT2D eigenvalue weighted by Gasteiger charge is 2.12. The van der Waals surface area contributed by atoms with Crippen LogP contribution in [-0.2, 0) is 7.05 Å². The monoisotopic (exact) mass is 216 g/mol. The Bertz CT molecular complexity index is 517. The fraction of sp³-hybridized carbons (Fsp3) is 0.167. The molecule has 0 aliphatic rings. The van der Waals surface area contributed by atoms with Gasteiger partial charge in [-0.1, -0.05) is 18.2 Å². The number of rotatable bonds is 3. The molecule has 0 aliphatic heterocycles. The minimum absolute atomic E-state index is 0.423. The summed E-state index contributed by atoms with van der Waals surface area (Å²) in [5.41, 5.74) is 2.09. The van der Waals surface area contributed by atoms with Crippen molar-refractivity contribution in [1.82, 2.24) is 9.78 Å². The molecule has 0 spiro atoms. The van der Waals surface area contributed by atoms with Crippen LogP contribution in [0.5, 0.6) is 5.75 Å². The number of aldehydes is 1. The van der Waals surface area contributed by atoms with Crippen LogP contribution in [0.2, 0.25) is 0 Å². The summed E-state index contributed by atoms with van der Waals surface area (Å²) in [5.74, 6) is 0.735. The van der Waals surface area contributed by atoms with Gasteiger partial charge in [-0.2, -0.15) is 5.10 Å². The minimum Gasteiger partial charge on any atom is -0.496 e. The molecule has 2 rings (SSSR count). The Kier molecular flexibility index (Phi) is 2.72. The summed E-state index contributed by atoms with van der Waals surface area (Å²) in [6, 6.07) is 7.55. The molecule has 82 valence electrons. The Morgan fingerprint density at radius 1 is 1.31 bits per heavy atom. The molecule has 0 saturated carbocycles. The molecule has 0 atom stereocenters. The van der Waals surface area contributed by atoms with Crippen molar-refractivity contribution in [3.05, 3.63) is 36.2 Å². The van der Waals surface area contributed by atoms with Gasteiger partial charge < -0.3 is 4.74 Å². The lowest BCUT2D eigenvalue weighted by Crippen LogP contribution is -1.90. The molecule has 1 aromatic heterocycles. The Balaban J connectivity index is 2.61. The molecule has 4 nitrogen and oxygen atoms in total. The number of ether oxygens (including phenoxy) is 1. The van der Waals surface area contributed by atoms with Crippen LogP contribution in [0.4, 0.5) is 0 Å². The summed E-state index contributed by atoms with van der Waals surface area (Å²) in [6.45, 7) is 0. The molecule has 1 heterocycles. The van der Waals surface area contributed by atoms with E-state index < -0.39 is 0 Å². The van der Waals surface area contributed by atoms with Crippen LogP contribution in [-0.4, -0.2) is 23.2 Å². The normalized spacial score (nSPS) is 10.1. The molecular formula is C12H12N2O2. The first kappa shape index (κ1) is 10.4. The largest absolute Gasteiger partial charge is 0.496 e. The number of methoxy groups -OCH3 is 1. The minimum atomic E-state index is 0.423. The second kappa shape index (κ2) is 4.18. The molecule has 0 amide bonds. The van der Waals surface area contributed by atoms with Gasteiger partial charge in [0.1, 0.15) is 11.4 Å². The molecular weight excluding hydrogens is 204 g/mol. The highest BCUT2D eigenvalue weighted by Crippen LogP contribution is 2.30. The maximum atomic E-state index is 10.9. The number of aryl methyl sites for hydroxylation is 1. The van der Waals surface area contributed by atoms with Crippen LogP contribution in [0.15, 0.2) is 30.5 Å². The van der Waals surface area contributed by atoms with E-state index in [9.17, 15) is 4.79 Å². The van der Waals surface area contributed by atoms with E-state index in [0.29, 0.717) is 5.69 Å². The number of para-hydroxylation sites is 1. The van der Waals surface area contributed by atoms with Gasteiger partial charge in [0.05, 0.1) is 7.11 Å². The van der Waals surface area contributed by atoms with E-state index in [4.69, 9.17) is 4.74 Å². The number of carbonyl (C=O) groups is 1. The molecule has 4 heteroatoms. The van der Waals surface area contributed by atoms with Crippen molar-refractivity contribution in [2.45, 2.75) is 0 Å². The smallest absolute Gasteiger partial charge is 0.170 e. The predicted octanol–water partition coefficient (Wildman–Crippen LogP) is 1.91. The number of hydrogen-bond donors (Lipinski definition) is 0. The van der Waals surface area contributed by atoms with Crippen molar-refractivity contribution in [2.75, 3.05) is 7.11 Å². The van der Waals surface area contributed by atoms with E-state index in [1.165, 1.54) is 0 Å². The fourth-order valence-electron chi connectivity index (χ4n) is 1.67. The van der Waals surface area contributed by atoms with Crippen molar-refractivity contribution >= 4 is 6.29 Å². The lowest BCUT2D eigenvalue weighted by molar-refractivity contribution is 0.111. The van der Waals surface area contributed by atoms with Crippen molar-refractivity contribution in [1.29, 1.82) is 0 Å². The highest BCUT2D eigenvalue weighted by atomic mass is 16.5. The first-order chi connectivity index (χ1) is 7.76. The summed E-state index contributed by atoms with van der Waals surface area (Å²) < 4.78 is 6.87. The van der Waals surface area contributed by atoms with Gasteiger partial charge in [0.25, 0.3) is 0 Å². The third-order valence-corrected chi connectivity index (χ3v) is 2.37. The SMILES string of the molecule is COc1ccccc1-c1cn(C)nc1C=O. The summed E-state index contributed by atoms with van der Waals surface area (Å²) in [5, 5.41) is 4.07. The second-order valence-corrected chi connectivity index (χ2v) is 3.42. The van der Waals surface area contributed by atoms with Crippen LogP contribution < -0.4 is 4.74 Å². The van der Waals surface area contributed by atoms with E-state index in [2.05, 4.69) is 5.10 Å². The Morgan fingerprint density at radius 2 is 2.06 bits per heavy atom. The van der Waals surface area contributed by atoms with E-state index in [1.54, 1.807) is 18.8 Å². The molecule has 0 N–H and O–H groups in total. The summed E-state index contributed by atoms with van der Waals surface area (Å²) in [6.07, 6.45) is 2.56. The van der Waals surface area contributed by atoms with Crippen molar-refractivity contribution < 1.29 is 9.53 Å². The molecule has 0 bridgehead atoms. The van der Waals surface area contributed by atoms with Crippen molar-refractivity contribution in [3.8, 4) is 16.9 Å². The van der Waals surface area contributed by atoms with Crippen molar-refractivity contribution in [2.24, 2.45) is 7.05 Å². The average Bonchev–Trinajstić information content (AvgIpc) is 2.70. The maximum Gasteiger partial charge on any atom is 0.170 e. The molecule has 0 unspecified atom stereocenters. The van der Waals surface area contributed by atoms with Gasteiger partial charge in [-0.15, -0.1) is 0 Å². The van der Waals surface area contributed by atoms with Gasteiger partial charge in [-0.3, -0.25) is 9.48 Å². The van der Waals surface area contributed by atoms with Gasteiger partial charge in [-0.05, 0) is 6.07 Å². The highest BCUT2D eigenvalue weighted by molar-refractivity contribution is 5.86. The van der Waals surface area contributed by atoms with E-state index >= 15 is 0 Å². The van der Waals surface area contributed by atoms with Crippen LogP contribution in [0.3, 0.4) is 0 Å². The van der Waals surface area contributed by atoms with Crippen LogP contribution in [0.25, 0.3) is 11.1 Å². The molecule has 0 saturated heterocycles. The first-order valence-electron chi connectivity index (χ1n) is 4.88. The van der Waals surface area contributed by atoms with E-state index in [-0.39, 0.29) is 0 Å². The molecule has 1 aromatic carbocycles. The number of hydrogen-bond acceptors (Lipinski definition) is 3. The zero-order chi connectivity index (χ0) is 11.5. The van der Waals surface area contributed by atoms with Crippen LogP contribution in [0, 0.1) is 0 Å². The topological polar surface area (TPSA) is 44.1 Å². The lowest BCUT2D eigenvalue weighted by atomic mass is 10.1. The maximum absolute atomic E-state index is 10.9. The molecule has 0 radical (unpaired) electrons. The number of benzene rings is 1. The van der Waals surface area contributed by atoms with Crippen LogP contribution >= 0.6 is 0 Å². The quantitative estimate of drug-likeness (QED) is 0.736. The van der Waals surface area contributed by atoms with Crippen molar-refractivity contribution in [3.63, 3.8) is 0 Å². The zero-order valence-electron chi connectivity index (χ0n) is 9.18. The average molecular weight is 216 g/mol.